The summed E-state index contributed by atoms with van der Waals surface area (Å²) in [7, 11) is -4.13. The molecular formula is C47H48N8O11S. The zero-order chi connectivity index (χ0) is 47.7. The number of pyridine rings is 2. The van der Waals surface area contributed by atoms with E-state index in [0.29, 0.717) is 34.6 Å². The average molecular weight is 933 g/mol. The van der Waals surface area contributed by atoms with E-state index in [-0.39, 0.29) is 109 Å². The smallest absolute Gasteiger partial charge is 0.411 e. The van der Waals surface area contributed by atoms with E-state index in [1.54, 1.807) is 48.7 Å². The number of nitrogens with zero attached hydrogens (tertiary/aromatic N) is 7. The van der Waals surface area contributed by atoms with Crippen molar-refractivity contribution < 1.29 is 47.6 Å². The topological polar surface area (TPSA) is 249 Å². The van der Waals surface area contributed by atoms with E-state index in [2.05, 4.69) is 15.5 Å². The van der Waals surface area contributed by atoms with Crippen LogP contribution in [-0.4, -0.2) is 108 Å². The van der Waals surface area contributed by atoms with Gasteiger partial charge < -0.3 is 39.6 Å². The molecule has 1 fully saturated rings. The van der Waals surface area contributed by atoms with Gasteiger partial charge in [0.15, 0.2) is 5.82 Å². The molecule has 0 saturated carbocycles. The van der Waals surface area contributed by atoms with Crippen LogP contribution in [0.1, 0.15) is 85.4 Å². The van der Waals surface area contributed by atoms with Gasteiger partial charge >= 0.3 is 12.1 Å². The molecule has 6 aromatic rings. The van der Waals surface area contributed by atoms with Gasteiger partial charge in [-0.05, 0) is 91.4 Å². The lowest BCUT2D eigenvalue weighted by molar-refractivity contribution is -0.173. The summed E-state index contributed by atoms with van der Waals surface area (Å²) in [6.45, 7) is 8.89. The number of nitrogens with one attached hydrogen (secondary N) is 1. The third kappa shape index (κ3) is 7.30. The number of carbonyl (C=O) groups is 3. The molecule has 67 heavy (non-hydrogen) atoms. The van der Waals surface area contributed by atoms with Crippen LogP contribution in [0.15, 0.2) is 70.4 Å². The molecule has 0 aliphatic carbocycles. The number of carbonyl (C=O) groups excluding carboxylic acids is 3. The van der Waals surface area contributed by atoms with Crippen LogP contribution in [0.2, 0.25) is 0 Å². The second kappa shape index (κ2) is 16.8. The highest BCUT2D eigenvalue weighted by Gasteiger charge is 2.51. The predicted molar refractivity (Wildman–Crippen MR) is 242 cm³/mol. The molecule has 6 heterocycles. The van der Waals surface area contributed by atoms with E-state index in [0.717, 1.165) is 16.5 Å². The number of phenols is 3. The van der Waals surface area contributed by atoms with Gasteiger partial charge in [0.25, 0.3) is 11.5 Å². The number of rotatable bonds is 10. The highest BCUT2D eigenvalue weighted by atomic mass is 32.2. The summed E-state index contributed by atoms with van der Waals surface area (Å²) in [4.78, 5) is 61.2. The minimum Gasteiger partial charge on any atom is -0.508 e. The molecule has 20 heteroatoms. The fourth-order valence-corrected chi connectivity index (χ4v) is 10.7. The Kier molecular flexibility index (Phi) is 11.3. The van der Waals surface area contributed by atoms with Crippen LogP contribution in [0.5, 0.6) is 17.2 Å². The number of fused-ring (bicyclic) bond motifs is 5. The monoisotopic (exact) mass is 932 g/mol. The van der Waals surface area contributed by atoms with Crippen LogP contribution in [0, 0.1) is 0 Å². The SMILES string of the molecule is CCNC(=O)c1nnc(-c2cc(C(C)C)c(O)cc2O)n1-c1ccc(S(=O)(=O)N2CCN(C(=O)OC3(CC)C(=O)OCc4c3cc3n(c4=O)Cc4c-3nc3ccc(O)cc3c4CC)CC2)cc1. The first-order valence-electron chi connectivity index (χ1n) is 22.0. The van der Waals surface area contributed by atoms with Crippen LogP contribution in [0.4, 0.5) is 4.79 Å². The molecule has 0 bridgehead atoms. The molecule has 348 valence electrons. The Labute approximate surface area is 384 Å². The van der Waals surface area contributed by atoms with Crippen molar-refractivity contribution >= 4 is 38.9 Å². The number of aryl methyl sites for hydroxylation is 1. The molecule has 0 spiro atoms. The molecule has 0 radical (unpaired) electrons. The fourth-order valence-electron chi connectivity index (χ4n) is 9.28. The number of hydrogen-bond donors (Lipinski definition) is 4. The summed E-state index contributed by atoms with van der Waals surface area (Å²) in [5.74, 6) is -1.89. The Morgan fingerprint density at radius 1 is 0.910 bits per heavy atom. The van der Waals surface area contributed by atoms with Crippen molar-refractivity contribution in [2.75, 3.05) is 32.7 Å². The summed E-state index contributed by atoms with van der Waals surface area (Å²) in [5, 5.41) is 43.4. The number of hydrogen-bond acceptors (Lipinski definition) is 14. The van der Waals surface area contributed by atoms with Crippen LogP contribution in [0.3, 0.4) is 0 Å². The van der Waals surface area contributed by atoms with Crippen LogP contribution >= 0.6 is 0 Å². The van der Waals surface area contributed by atoms with Gasteiger partial charge in [0.05, 0.1) is 39.5 Å². The lowest BCUT2D eigenvalue weighted by Crippen LogP contribution is -2.54. The van der Waals surface area contributed by atoms with Crippen LogP contribution in [0.25, 0.3) is 39.4 Å². The summed E-state index contributed by atoms with van der Waals surface area (Å²) in [6.07, 6.45) is -0.349. The Hall–Kier alpha value is -7.32. The third-order valence-electron chi connectivity index (χ3n) is 12.8. The van der Waals surface area contributed by atoms with Crippen molar-refractivity contribution in [2.45, 2.75) is 77.0 Å². The van der Waals surface area contributed by atoms with Gasteiger partial charge in [-0.2, -0.15) is 4.31 Å². The summed E-state index contributed by atoms with van der Waals surface area (Å²) < 4.78 is 43.9. The maximum Gasteiger partial charge on any atom is 0.411 e. The Bertz CT molecular complexity index is 3210. The number of sulfonamides is 1. The van der Waals surface area contributed by atoms with Gasteiger partial charge in [-0.15, -0.1) is 10.2 Å². The Morgan fingerprint density at radius 2 is 1.64 bits per heavy atom. The van der Waals surface area contributed by atoms with Crippen molar-refractivity contribution in [1.82, 2.24) is 38.8 Å². The van der Waals surface area contributed by atoms with Gasteiger partial charge in [-0.1, -0.05) is 27.7 Å². The molecule has 1 unspecified atom stereocenters. The average Bonchev–Trinajstić information content (AvgIpc) is 3.92. The van der Waals surface area contributed by atoms with Gasteiger partial charge in [0.2, 0.25) is 21.4 Å². The van der Waals surface area contributed by atoms with Crippen molar-refractivity contribution in [3.05, 3.63) is 105 Å². The first-order valence-corrected chi connectivity index (χ1v) is 23.4. The first-order chi connectivity index (χ1) is 32.0. The maximum atomic E-state index is 14.2. The van der Waals surface area contributed by atoms with Crippen molar-refractivity contribution in [3.63, 3.8) is 0 Å². The summed E-state index contributed by atoms with van der Waals surface area (Å²) >= 11 is 0. The predicted octanol–water partition coefficient (Wildman–Crippen LogP) is 5.03. The number of cyclic esters (lactones) is 1. The van der Waals surface area contributed by atoms with E-state index >= 15 is 0 Å². The van der Waals surface area contributed by atoms with E-state index in [9.17, 15) is 42.9 Å². The zero-order valence-corrected chi connectivity index (χ0v) is 38.2. The zero-order valence-electron chi connectivity index (χ0n) is 37.4. The minimum absolute atomic E-state index is 0.0637. The quantitative estimate of drug-likeness (QED) is 0.131. The number of piperazine rings is 1. The largest absolute Gasteiger partial charge is 0.508 e. The van der Waals surface area contributed by atoms with Crippen LogP contribution < -0.4 is 10.9 Å². The third-order valence-corrected chi connectivity index (χ3v) is 14.7. The lowest BCUT2D eigenvalue weighted by atomic mass is 9.85. The van der Waals surface area contributed by atoms with E-state index in [1.807, 2.05) is 20.8 Å². The number of aromatic nitrogens is 5. The molecule has 3 aromatic carbocycles. The van der Waals surface area contributed by atoms with Crippen molar-refractivity contribution in [2.24, 2.45) is 0 Å². The fraction of sp³-hybridized carbons (Fsp3) is 0.340. The standard InChI is InChI=1S/C47H48N8O11S/c1-6-29-31-19-27(56)11-14-36(31)49-40-33(29)23-54-37(40)21-35-34(44(54)60)24-65-45(61)47(35,7-2)66-46(62)52-15-17-53(18-16-52)67(63,64)28-12-9-26(10-13-28)55-41(50-51-42(55)43(59)48-8-3)32-20-30(25(4)5)38(57)22-39(32)58/h9-14,19-22,25,56-58H,6-8,15-18,23-24H2,1-5H3,(H,48,59). The molecule has 3 aliphatic rings. The van der Waals surface area contributed by atoms with E-state index in [1.165, 1.54) is 44.1 Å². The van der Waals surface area contributed by atoms with Gasteiger partial charge in [0, 0.05) is 61.0 Å². The Balaban J connectivity index is 0.955. The van der Waals surface area contributed by atoms with Crippen molar-refractivity contribution in [3.8, 4) is 45.7 Å². The number of aromatic hydroxyl groups is 3. The normalized spacial score (nSPS) is 17.0. The number of ether oxygens (including phenoxy) is 2. The number of benzene rings is 3. The number of phenolic OH excluding ortho intramolecular Hbond substituents is 3. The molecule has 19 nitrogen and oxygen atoms in total. The van der Waals surface area contributed by atoms with E-state index < -0.39 is 39.2 Å². The molecule has 1 saturated heterocycles. The molecule has 3 aliphatic heterocycles. The number of esters is 1. The highest BCUT2D eigenvalue weighted by Crippen LogP contribution is 2.43. The molecule has 2 amide bonds. The maximum absolute atomic E-state index is 14.2. The van der Waals surface area contributed by atoms with Crippen molar-refractivity contribution in [1.29, 1.82) is 0 Å². The first kappa shape index (κ1) is 44.9. The minimum atomic E-state index is -4.13. The Morgan fingerprint density at radius 3 is 2.31 bits per heavy atom. The molecule has 1 atom stereocenters. The summed E-state index contributed by atoms with van der Waals surface area (Å²) in [6, 6.07) is 15.0. The van der Waals surface area contributed by atoms with E-state index in [4.69, 9.17) is 14.5 Å². The highest BCUT2D eigenvalue weighted by molar-refractivity contribution is 7.89. The summed E-state index contributed by atoms with van der Waals surface area (Å²) in [5.41, 5.74) is 2.40. The molecule has 9 rings (SSSR count). The lowest BCUT2D eigenvalue weighted by Gasteiger charge is -2.39. The molecule has 3 aromatic heterocycles. The van der Waals surface area contributed by atoms with Gasteiger partial charge in [-0.25, -0.2) is 23.0 Å². The molecular weight excluding hydrogens is 885 g/mol. The second-order valence-electron chi connectivity index (χ2n) is 16.9. The van der Waals surface area contributed by atoms with Gasteiger partial charge in [-0.3, -0.25) is 14.2 Å². The van der Waals surface area contributed by atoms with Gasteiger partial charge in [0.1, 0.15) is 23.9 Å². The second-order valence-corrected chi connectivity index (χ2v) is 18.9. The van der Waals surface area contributed by atoms with Crippen LogP contribution in [-0.2, 0) is 49.5 Å². The molecule has 4 N–H and O–H groups in total. The number of amides is 2.